The minimum Gasteiger partial charge on any atom is -0.458 e. The molecule has 0 radical (unpaired) electrons. The van der Waals surface area contributed by atoms with Gasteiger partial charge in [0.15, 0.2) is 0 Å². The molecule has 2 aliphatic carbocycles. The second-order valence-corrected chi connectivity index (χ2v) is 12.6. The van der Waals surface area contributed by atoms with Crippen molar-refractivity contribution < 1.29 is 13.9 Å². The van der Waals surface area contributed by atoms with E-state index < -0.39 is 11.0 Å². The second-order valence-electron chi connectivity index (χ2n) is 12.6. The number of hydrogen-bond acceptors (Lipinski definition) is 4. The van der Waals surface area contributed by atoms with E-state index in [-0.39, 0.29) is 23.6 Å². The zero-order valence-corrected chi connectivity index (χ0v) is 24.1. The predicted octanol–water partition coefficient (Wildman–Crippen LogP) is 7.20. The fourth-order valence-corrected chi connectivity index (χ4v) is 7.09. The van der Waals surface area contributed by atoms with Crippen LogP contribution in [0.4, 0.5) is 4.39 Å². The van der Waals surface area contributed by atoms with Gasteiger partial charge >= 0.3 is 5.97 Å². The van der Waals surface area contributed by atoms with Crippen LogP contribution >= 0.6 is 0 Å². The average molecular weight is 534 g/mol. The number of halogens is 1. The largest absolute Gasteiger partial charge is 0.458 e. The average Bonchev–Trinajstić information content (AvgIpc) is 3.54. The first kappa shape index (κ1) is 27.8. The molecule has 1 saturated carbocycles. The van der Waals surface area contributed by atoms with Crippen LogP contribution in [-0.4, -0.2) is 46.6 Å². The van der Waals surface area contributed by atoms with Crippen molar-refractivity contribution in [3.63, 3.8) is 0 Å². The van der Waals surface area contributed by atoms with Crippen molar-refractivity contribution in [2.45, 2.75) is 90.1 Å². The van der Waals surface area contributed by atoms with Gasteiger partial charge < -0.3 is 14.6 Å². The Morgan fingerprint density at radius 2 is 1.92 bits per heavy atom. The summed E-state index contributed by atoms with van der Waals surface area (Å²) in [5.41, 5.74) is 3.32. The maximum absolute atomic E-state index is 14.1. The van der Waals surface area contributed by atoms with E-state index in [0.29, 0.717) is 0 Å². The van der Waals surface area contributed by atoms with Crippen LogP contribution in [0.5, 0.6) is 0 Å². The minimum absolute atomic E-state index is 0.0382. The summed E-state index contributed by atoms with van der Waals surface area (Å²) in [5.74, 6) is 1.10. The summed E-state index contributed by atoms with van der Waals surface area (Å²) in [7, 11) is 2.16. The molecule has 6 heteroatoms. The van der Waals surface area contributed by atoms with Gasteiger partial charge in [-0.05, 0) is 93.9 Å². The zero-order valence-electron chi connectivity index (χ0n) is 24.1. The predicted molar refractivity (Wildman–Crippen MR) is 154 cm³/mol. The maximum Gasteiger partial charge on any atom is 0.312 e. The lowest BCUT2D eigenvalue weighted by molar-refractivity contribution is -0.179. The first-order valence-corrected chi connectivity index (χ1v) is 14.8. The fourth-order valence-electron chi connectivity index (χ4n) is 7.09. The van der Waals surface area contributed by atoms with Crippen molar-refractivity contribution in [2.75, 3.05) is 20.1 Å². The Morgan fingerprint density at radius 3 is 2.67 bits per heavy atom. The molecule has 5 rings (SSSR count). The minimum atomic E-state index is -0.589. The van der Waals surface area contributed by atoms with E-state index in [2.05, 4.69) is 43.8 Å². The van der Waals surface area contributed by atoms with Crippen molar-refractivity contribution in [1.29, 1.82) is 0 Å². The molecule has 0 unspecified atom stereocenters. The Balaban J connectivity index is 1.31. The molecule has 1 heterocycles. The Morgan fingerprint density at radius 1 is 1.15 bits per heavy atom. The Kier molecular flexibility index (Phi) is 8.14. The van der Waals surface area contributed by atoms with E-state index in [1.807, 2.05) is 24.3 Å². The highest BCUT2D eigenvalue weighted by atomic mass is 19.1. The highest BCUT2D eigenvalue weighted by Gasteiger charge is 2.50. The van der Waals surface area contributed by atoms with Gasteiger partial charge in [0, 0.05) is 25.3 Å². The molecule has 2 aromatic carbocycles. The number of aromatic amines is 1. The van der Waals surface area contributed by atoms with Crippen molar-refractivity contribution >= 4 is 17.0 Å². The number of carbonyl (C=O) groups is 1. The van der Waals surface area contributed by atoms with Crippen LogP contribution in [0, 0.1) is 17.2 Å². The molecule has 2 atom stereocenters. The van der Waals surface area contributed by atoms with Gasteiger partial charge in [-0.1, -0.05) is 44.9 Å². The number of hydrogen-bond donors (Lipinski definition) is 1. The fraction of sp³-hybridized carbons (Fsp3) is 0.576. The quantitative estimate of drug-likeness (QED) is 0.280. The Bertz CT molecular complexity index is 1260. The van der Waals surface area contributed by atoms with Gasteiger partial charge in [-0.15, -0.1) is 0 Å². The van der Waals surface area contributed by atoms with E-state index in [1.165, 1.54) is 0 Å². The number of imidazole rings is 1. The van der Waals surface area contributed by atoms with E-state index in [0.717, 1.165) is 98.9 Å². The number of H-pyrrole nitrogens is 1. The second kappa shape index (κ2) is 11.4. The molecule has 1 aromatic heterocycles. The molecule has 1 fully saturated rings. The molecule has 0 aliphatic heterocycles. The van der Waals surface area contributed by atoms with Crippen LogP contribution in [0.15, 0.2) is 42.5 Å². The van der Waals surface area contributed by atoms with E-state index in [9.17, 15) is 9.18 Å². The normalized spacial score (nSPS) is 22.5. The molecular formula is C33H44FN3O2. The number of carbonyl (C=O) groups excluding carboxylic acids is 1. The molecule has 2 aliphatic rings. The summed E-state index contributed by atoms with van der Waals surface area (Å²) in [6, 6.07) is 13.3. The number of nitrogens with one attached hydrogen (secondary N) is 1. The highest BCUT2D eigenvalue weighted by molar-refractivity contribution is 5.77. The lowest BCUT2D eigenvalue weighted by Crippen LogP contribution is -2.50. The maximum atomic E-state index is 14.1. The third-order valence-corrected chi connectivity index (χ3v) is 9.30. The van der Waals surface area contributed by atoms with Gasteiger partial charge in [0.25, 0.3) is 0 Å². The first-order valence-electron chi connectivity index (χ1n) is 14.8. The van der Waals surface area contributed by atoms with Gasteiger partial charge in [-0.2, -0.15) is 0 Å². The number of fused-ring (bicyclic) bond motifs is 2. The molecule has 210 valence electrons. The number of benzene rings is 2. The van der Waals surface area contributed by atoms with Crippen LogP contribution < -0.4 is 0 Å². The van der Waals surface area contributed by atoms with Gasteiger partial charge in [-0.25, -0.2) is 9.37 Å². The molecule has 0 spiro atoms. The zero-order chi connectivity index (χ0) is 27.6. The number of nitrogens with zero attached hydrogens (tertiary/aromatic N) is 2. The van der Waals surface area contributed by atoms with E-state index >= 15 is 0 Å². The molecule has 5 nitrogen and oxygen atoms in total. The highest BCUT2D eigenvalue weighted by Crippen LogP contribution is 2.50. The lowest BCUT2D eigenvalue weighted by Gasteiger charge is -2.48. The van der Waals surface area contributed by atoms with Crippen LogP contribution in [-0.2, 0) is 22.4 Å². The van der Waals surface area contributed by atoms with Crippen LogP contribution in [0.25, 0.3) is 11.0 Å². The third kappa shape index (κ3) is 5.91. The van der Waals surface area contributed by atoms with E-state index in [4.69, 9.17) is 9.72 Å². The smallest absolute Gasteiger partial charge is 0.312 e. The third-order valence-electron chi connectivity index (χ3n) is 9.30. The monoisotopic (exact) mass is 533 g/mol. The molecule has 39 heavy (non-hydrogen) atoms. The number of aromatic nitrogens is 2. The first-order chi connectivity index (χ1) is 18.7. The SMILES string of the molecule is CC(C)[C@H]1c2ccc(F)cc2CC[C@@]1(CCN(C)CCCc1nc2ccccc2[nH]1)OC(=O)C1(C)CCCC1. The van der Waals surface area contributed by atoms with Crippen molar-refractivity contribution in [3.8, 4) is 0 Å². The van der Waals surface area contributed by atoms with Gasteiger partial charge in [-0.3, -0.25) is 4.79 Å². The molecule has 3 aromatic rings. The van der Waals surface area contributed by atoms with Gasteiger partial charge in [0.05, 0.1) is 16.4 Å². The van der Waals surface area contributed by atoms with Crippen LogP contribution in [0.1, 0.15) is 88.6 Å². The van der Waals surface area contributed by atoms with E-state index in [1.54, 1.807) is 12.1 Å². The molecular weight excluding hydrogens is 489 g/mol. The summed E-state index contributed by atoms with van der Waals surface area (Å²) in [6.45, 7) is 8.27. The summed E-state index contributed by atoms with van der Waals surface area (Å²) >= 11 is 0. The van der Waals surface area contributed by atoms with Crippen LogP contribution in [0.3, 0.4) is 0 Å². The number of para-hydroxylation sites is 2. The van der Waals surface area contributed by atoms with Crippen molar-refractivity contribution in [2.24, 2.45) is 11.3 Å². The van der Waals surface area contributed by atoms with Gasteiger partial charge in [0.1, 0.15) is 17.2 Å². The lowest BCUT2D eigenvalue weighted by atomic mass is 9.65. The molecule has 1 N–H and O–H groups in total. The van der Waals surface area contributed by atoms with Crippen LogP contribution in [0.2, 0.25) is 0 Å². The standard InChI is InChI=1S/C33H44FN3O2/c1-23(2)30-26-14-13-25(34)22-24(26)15-18-33(30,39-31(38)32(3)16-7-8-17-32)19-21-37(4)20-9-12-29-35-27-10-5-6-11-28(27)36-29/h5-6,10-11,13-14,22-23,30H,7-9,12,15-21H2,1-4H3,(H,35,36)/t30-,33-/m0/s1. The van der Waals surface area contributed by atoms with Crippen molar-refractivity contribution in [3.05, 3.63) is 65.2 Å². The topological polar surface area (TPSA) is 58.2 Å². The molecule has 0 saturated heterocycles. The number of esters is 1. The Hall–Kier alpha value is -2.73. The summed E-state index contributed by atoms with van der Waals surface area (Å²) in [5, 5.41) is 0. The number of ether oxygens (including phenoxy) is 1. The summed E-state index contributed by atoms with van der Waals surface area (Å²) in [4.78, 5) is 24.2. The Labute approximate surface area is 232 Å². The van der Waals surface area contributed by atoms with Gasteiger partial charge in [0.2, 0.25) is 0 Å². The molecule has 0 bridgehead atoms. The number of rotatable bonds is 10. The summed E-state index contributed by atoms with van der Waals surface area (Å²) < 4.78 is 20.8. The van der Waals surface area contributed by atoms with Crippen molar-refractivity contribution in [1.82, 2.24) is 14.9 Å². The molecule has 0 amide bonds. The number of aryl methyl sites for hydroxylation is 2. The summed E-state index contributed by atoms with van der Waals surface area (Å²) in [6.07, 6.45) is 8.11.